The van der Waals surface area contributed by atoms with Crippen molar-refractivity contribution in [2.24, 2.45) is 7.05 Å². The van der Waals surface area contributed by atoms with Gasteiger partial charge in [-0.3, -0.25) is 0 Å². The van der Waals surface area contributed by atoms with Gasteiger partial charge in [-0.2, -0.15) is 0 Å². The Hall–Kier alpha value is -2.29. The van der Waals surface area contributed by atoms with Gasteiger partial charge in [0, 0.05) is 23.6 Å². The van der Waals surface area contributed by atoms with E-state index in [-0.39, 0.29) is 5.97 Å². The van der Waals surface area contributed by atoms with E-state index in [1.165, 1.54) is 0 Å². The second-order valence-electron chi connectivity index (χ2n) is 4.92. The van der Waals surface area contributed by atoms with Gasteiger partial charge in [-0.25, -0.2) is 4.79 Å². The SMILES string of the molecule is CCOC(=O)c1c(C)n(C)c2ccc3ccccc3c12. The first-order valence-corrected chi connectivity index (χ1v) is 6.79. The standard InChI is InChI=1S/C17H17NO2/c1-4-20-17(19)15-11(2)18(3)14-10-9-12-7-5-6-8-13(12)16(14)15/h5-10H,4H2,1-3H3. The van der Waals surface area contributed by atoms with E-state index in [4.69, 9.17) is 4.74 Å². The number of esters is 1. The van der Waals surface area contributed by atoms with Gasteiger partial charge in [0.05, 0.1) is 12.2 Å². The van der Waals surface area contributed by atoms with Crippen LogP contribution in [0, 0.1) is 6.92 Å². The fourth-order valence-electron chi connectivity index (χ4n) is 2.78. The highest BCUT2D eigenvalue weighted by Crippen LogP contribution is 2.32. The molecule has 3 heteroatoms. The minimum absolute atomic E-state index is 0.244. The van der Waals surface area contributed by atoms with Crippen LogP contribution in [0.1, 0.15) is 23.0 Å². The van der Waals surface area contributed by atoms with E-state index in [1.807, 2.05) is 37.6 Å². The zero-order valence-corrected chi connectivity index (χ0v) is 11.9. The molecule has 20 heavy (non-hydrogen) atoms. The molecule has 2 aromatic carbocycles. The van der Waals surface area contributed by atoms with Crippen LogP contribution in [0.4, 0.5) is 0 Å². The molecular weight excluding hydrogens is 250 g/mol. The minimum Gasteiger partial charge on any atom is -0.462 e. The van der Waals surface area contributed by atoms with Gasteiger partial charge >= 0.3 is 5.97 Å². The quantitative estimate of drug-likeness (QED) is 0.661. The molecule has 0 aliphatic carbocycles. The molecule has 1 heterocycles. The summed E-state index contributed by atoms with van der Waals surface area (Å²) < 4.78 is 7.28. The van der Waals surface area contributed by atoms with Crippen molar-refractivity contribution >= 4 is 27.6 Å². The second kappa shape index (κ2) is 4.67. The normalized spacial score (nSPS) is 11.2. The molecular formula is C17H17NO2. The predicted octanol–water partition coefficient (Wildman–Crippen LogP) is 3.82. The van der Waals surface area contributed by atoms with Crippen LogP contribution >= 0.6 is 0 Å². The van der Waals surface area contributed by atoms with E-state index in [9.17, 15) is 4.79 Å². The molecule has 0 N–H and O–H groups in total. The first-order valence-electron chi connectivity index (χ1n) is 6.79. The van der Waals surface area contributed by atoms with Gasteiger partial charge in [0.15, 0.2) is 0 Å². The van der Waals surface area contributed by atoms with Crippen molar-refractivity contribution in [1.29, 1.82) is 0 Å². The molecule has 0 atom stereocenters. The second-order valence-corrected chi connectivity index (χ2v) is 4.92. The van der Waals surface area contributed by atoms with Gasteiger partial charge < -0.3 is 9.30 Å². The first kappa shape index (κ1) is 12.7. The Morgan fingerprint density at radius 1 is 1.20 bits per heavy atom. The van der Waals surface area contributed by atoms with Gasteiger partial charge in [-0.15, -0.1) is 0 Å². The van der Waals surface area contributed by atoms with Crippen molar-refractivity contribution in [1.82, 2.24) is 4.57 Å². The van der Waals surface area contributed by atoms with Crippen molar-refractivity contribution in [2.75, 3.05) is 6.61 Å². The number of nitrogens with zero attached hydrogens (tertiary/aromatic N) is 1. The summed E-state index contributed by atoms with van der Waals surface area (Å²) in [5.74, 6) is -0.244. The average Bonchev–Trinajstić information content (AvgIpc) is 2.72. The van der Waals surface area contributed by atoms with Crippen LogP contribution in [0.5, 0.6) is 0 Å². The van der Waals surface area contributed by atoms with Gasteiger partial charge in [0.2, 0.25) is 0 Å². The maximum atomic E-state index is 12.3. The smallest absolute Gasteiger partial charge is 0.340 e. The first-order chi connectivity index (χ1) is 9.65. The molecule has 0 amide bonds. The number of fused-ring (bicyclic) bond motifs is 3. The number of hydrogen-bond donors (Lipinski definition) is 0. The number of aryl methyl sites for hydroxylation is 1. The molecule has 0 spiro atoms. The lowest BCUT2D eigenvalue weighted by Gasteiger charge is -2.04. The summed E-state index contributed by atoms with van der Waals surface area (Å²) in [5, 5.41) is 3.22. The third-order valence-corrected chi connectivity index (χ3v) is 3.86. The molecule has 0 fully saturated rings. The lowest BCUT2D eigenvalue weighted by atomic mass is 10.0. The summed E-state index contributed by atoms with van der Waals surface area (Å²) in [6.45, 7) is 4.18. The Morgan fingerprint density at radius 2 is 1.95 bits per heavy atom. The van der Waals surface area contributed by atoms with Crippen LogP contribution in [-0.2, 0) is 11.8 Å². The number of rotatable bonds is 2. The van der Waals surface area contributed by atoms with Crippen LogP contribution in [0.3, 0.4) is 0 Å². The van der Waals surface area contributed by atoms with Crippen LogP contribution in [-0.4, -0.2) is 17.1 Å². The number of benzene rings is 2. The predicted molar refractivity (Wildman–Crippen MR) is 81.1 cm³/mol. The molecule has 0 unspecified atom stereocenters. The molecule has 0 radical (unpaired) electrons. The monoisotopic (exact) mass is 267 g/mol. The summed E-state index contributed by atoms with van der Waals surface area (Å²) in [4.78, 5) is 12.3. The number of carbonyl (C=O) groups is 1. The molecule has 0 bridgehead atoms. The van der Waals surface area contributed by atoms with Crippen LogP contribution < -0.4 is 0 Å². The van der Waals surface area contributed by atoms with E-state index in [2.05, 4.69) is 24.3 Å². The Morgan fingerprint density at radius 3 is 2.70 bits per heavy atom. The van der Waals surface area contributed by atoms with E-state index in [0.717, 1.165) is 27.4 Å². The molecule has 1 aromatic heterocycles. The molecule has 0 saturated heterocycles. The zero-order valence-electron chi connectivity index (χ0n) is 11.9. The summed E-state index contributed by atoms with van der Waals surface area (Å²) in [5.41, 5.74) is 2.68. The third-order valence-electron chi connectivity index (χ3n) is 3.86. The van der Waals surface area contributed by atoms with Gasteiger partial charge in [0.1, 0.15) is 0 Å². The average molecular weight is 267 g/mol. The number of carbonyl (C=O) groups excluding carboxylic acids is 1. The van der Waals surface area contributed by atoms with Crippen molar-refractivity contribution in [3.05, 3.63) is 47.7 Å². The number of aromatic nitrogens is 1. The lowest BCUT2D eigenvalue weighted by molar-refractivity contribution is 0.0527. The van der Waals surface area contributed by atoms with Crippen molar-refractivity contribution in [3.8, 4) is 0 Å². The largest absolute Gasteiger partial charge is 0.462 e. The van der Waals surface area contributed by atoms with E-state index in [0.29, 0.717) is 12.2 Å². The van der Waals surface area contributed by atoms with Crippen LogP contribution in [0.25, 0.3) is 21.7 Å². The van der Waals surface area contributed by atoms with Crippen LogP contribution in [0.2, 0.25) is 0 Å². The van der Waals surface area contributed by atoms with Gasteiger partial charge in [-0.05, 0) is 30.7 Å². The molecule has 3 aromatic rings. The highest BCUT2D eigenvalue weighted by atomic mass is 16.5. The van der Waals surface area contributed by atoms with Crippen molar-refractivity contribution in [2.45, 2.75) is 13.8 Å². The number of hydrogen-bond acceptors (Lipinski definition) is 2. The highest BCUT2D eigenvalue weighted by Gasteiger charge is 2.21. The van der Waals surface area contributed by atoms with Crippen LogP contribution in [0.15, 0.2) is 36.4 Å². The summed E-state index contributed by atoms with van der Waals surface area (Å²) in [6.07, 6.45) is 0. The Labute approximate surface area is 117 Å². The fourth-order valence-corrected chi connectivity index (χ4v) is 2.78. The lowest BCUT2D eigenvalue weighted by Crippen LogP contribution is -2.06. The molecule has 0 aliphatic rings. The summed E-state index contributed by atoms with van der Waals surface area (Å²) in [7, 11) is 1.98. The summed E-state index contributed by atoms with van der Waals surface area (Å²) >= 11 is 0. The molecule has 0 saturated carbocycles. The summed E-state index contributed by atoms with van der Waals surface area (Å²) in [6, 6.07) is 12.3. The Balaban J connectivity index is 2.46. The van der Waals surface area contributed by atoms with E-state index >= 15 is 0 Å². The van der Waals surface area contributed by atoms with E-state index in [1.54, 1.807) is 0 Å². The maximum absolute atomic E-state index is 12.3. The zero-order chi connectivity index (χ0) is 14.3. The number of ether oxygens (including phenoxy) is 1. The highest BCUT2D eigenvalue weighted by molar-refractivity contribution is 6.17. The van der Waals surface area contributed by atoms with Gasteiger partial charge in [-0.1, -0.05) is 30.3 Å². The Kier molecular flexibility index (Phi) is 2.97. The topological polar surface area (TPSA) is 31.2 Å². The third kappa shape index (κ3) is 1.70. The van der Waals surface area contributed by atoms with Crippen molar-refractivity contribution in [3.63, 3.8) is 0 Å². The molecule has 3 nitrogen and oxygen atoms in total. The molecule has 3 rings (SSSR count). The minimum atomic E-state index is -0.244. The Bertz CT molecular complexity index is 815. The fraction of sp³-hybridized carbons (Fsp3) is 0.235. The van der Waals surface area contributed by atoms with Crippen molar-refractivity contribution < 1.29 is 9.53 Å². The van der Waals surface area contributed by atoms with E-state index < -0.39 is 0 Å². The molecule has 0 aliphatic heterocycles. The molecule has 102 valence electrons. The maximum Gasteiger partial charge on any atom is 0.340 e. The van der Waals surface area contributed by atoms with Gasteiger partial charge in [0.25, 0.3) is 0 Å².